The second-order valence-corrected chi connectivity index (χ2v) is 3.88. The van der Waals surface area contributed by atoms with E-state index >= 15 is 0 Å². The summed E-state index contributed by atoms with van der Waals surface area (Å²) in [5.41, 5.74) is 0. The summed E-state index contributed by atoms with van der Waals surface area (Å²) in [5, 5.41) is 9.52. The molecule has 0 saturated heterocycles. The molecule has 10 heavy (non-hydrogen) atoms. The van der Waals surface area contributed by atoms with Gasteiger partial charge < -0.3 is 5.11 Å². The molecule has 2 fully saturated rings. The molecule has 2 aliphatic carbocycles. The number of hydrogen-bond donors (Lipinski definition) is 1. The molecule has 0 bridgehead atoms. The van der Waals surface area contributed by atoms with E-state index in [0.717, 1.165) is 18.3 Å². The van der Waals surface area contributed by atoms with E-state index in [-0.39, 0.29) is 6.10 Å². The topological polar surface area (TPSA) is 20.2 Å². The molecule has 2 rings (SSSR count). The molecular weight excluding hydrogens is 124 g/mol. The summed E-state index contributed by atoms with van der Waals surface area (Å²) in [7, 11) is 0. The molecule has 2 saturated carbocycles. The van der Waals surface area contributed by atoms with Crippen molar-refractivity contribution >= 4 is 0 Å². The number of fused-ring (bicyclic) bond motifs is 1. The zero-order valence-corrected chi connectivity index (χ0v) is 6.59. The van der Waals surface area contributed by atoms with Gasteiger partial charge in [-0.1, -0.05) is 13.3 Å². The molecule has 58 valence electrons. The minimum absolute atomic E-state index is 0.0590. The maximum absolute atomic E-state index is 9.52. The van der Waals surface area contributed by atoms with Gasteiger partial charge in [0.15, 0.2) is 0 Å². The van der Waals surface area contributed by atoms with E-state index in [0.29, 0.717) is 5.92 Å². The smallest absolute Gasteiger partial charge is 0.0573 e. The van der Waals surface area contributed by atoms with E-state index in [4.69, 9.17) is 0 Å². The van der Waals surface area contributed by atoms with Gasteiger partial charge in [0.2, 0.25) is 0 Å². The Balaban J connectivity index is 2.02. The van der Waals surface area contributed by atoms with Crippen LogP contribution in [0.25, 0.3) is 0 Å². The summed E-state index contributed by atoms with van der Waals surface area (Å²) in [6.07, 6.45) is 5.11. The Morgan fingerprint density at radius 1 is 1.30 bits per heavy atom. The molecule has 0 amide bonds. The fourth-order valence-corrected chi connectivity index (χ4v) is 2.74. The molecule has 2 aliphatic rings. The fourth-order valence-electron chi connectivity index (χ4n) is 2.74. The first-order valence-electron chi connectivity index (χ1n) is 4.51. The van der Waals surface area contributed by atoms with Gasteiger partial charge in [-0.2, -0.15) is 0 Å². The summed E-state index contributed by atoms with van der Waals surface area (Å²) < 4.78 is 0. The summed E-state index contributed by atoms with van der Waals surface area (Å²) in [6.45, 7) is 2.25. The standard InChI is InChI=1S/C9H16O/c1-2-6-5-9(10)8-4-3-7(6)8/h6-10H,2-5H2,1H3. The lowest BCUT2D eigenvalue weighted by molar-refractivity contribution is 0.0626. The van der Waals surface area contributed by atoms with Gasteiger partial charge in [-0.15, -0.1) is 0 Å². The second kappa shape index (κ2) is 2.23. The van der Waals surface area contributed by atoms with Crippen LogP contribution in [0, 0.1) is 17.8 Å². The van der Waals surface area contributed by atoms with E-state index < -0.39 is 0 Å². The van der Waals surface area contributed by atoms with Gasteiger partial charge >= 0.3 is 0 Å². The third-order valence-electron chi connectivity index (χ3n) is 3.55. The van der Waals surface area contributed by atoms with Gasteiger partial charge in [-0.25, -0.2) is 0 Å². The average molecular weight is 140 g/mol. The zero-order valence-electron chi connectivity index (χ0n) is 6.59. The number of aliphatic hydroxyl groups excluding tert-OH is 1. The SMILES string of the molecule is CCC1CC(O)C2CCC12. The zero-order chi connectivity index (χ0) is 7.14. The van der Waals surface area contributed by atoms with Gasteiger partial charge in [-0.05, 0) is 37.0 Å². The van der Waals surface area contributed by atoms with Crippen LogP contribution >= 0.6 is 0 Å². The van der Waals surface area contributed by atoms with Gasteiger partial charge in [0.25, 0.3) is 0 Å². The highest BCUT2D eigenvalue weighted by Gasteiger charge is 2.46. The molecule has 0 radical (unpaired) electrons. The maximum atomic E-state index is 9.52. The minimum Gasteiger partial charge on any atom is -0.393 e. The van der Waals surface area contributed by atoms with Crippen molar-refractivity contribution < 1.29 is 5.11 Å². The molecule has 1 N–H and O–H groups in total. The summed E-state index contributed by atoms with van der Waals surface area (Å²) in [5.74, 6) is 2.46. The van der Waals surface area contributed by atoms with Crippen molar-refractivity contribution in [2.75, 3.05) is 0 Å². The molecule has 0 heterocycles. The Labute approximate surface area is 62.4 Å². The van der Waals surface area contributed by atoms with Crippen molar-refractivity contribution in [3.63, 3.8) is 0 Å². The average Bonchev–Trinajstić information content (AvgIpc) is 2.02. The van der Waals surface area contributed by atoms with Crippen LogP contribution in [0.2, 0.25) is 0 Å². The van der Waals surface area contributed by atoms with E-state index in [2.05, 4.69) is 6.92 Å². The predicted octanol–water partition coefficient (Wildman–Crippen LogP) is 1.80. The molecular formula is C9H16O. The third-order valence-corrected chi connectivity index (χ3v) is 3.55. The van der Waals surface area contributed by atoms with E-state index in [1.54, 1.807) is 0 Å². The first-order chi connectivity index (χ1) is 4.83. The highest BCUT2D eigenvalue weighted by atomic mass is 16.3. The van der Waals surface area contributed by atoms with Crippen LogP contribution in [0.3, 0.4) is 0 Å². The number of rotatable bonds is 1. The molecule has 4 atom stereocenters. The Hall–Kier alpha value is -0.0400. The highest BCUT2D eigenvalue weighted by molar-refractivity contribution is 4.96. The molecule has 4 unspecified atom stereocenters. The number of aliphatic hydroxyl groups is 1. The first-order valence-corrected chi connectivity index (χ1v) is 4.51. The van der Waals surface area contributed by atoms with Crippen molar-refractivity contribution in [1.82, 2.24) is 0 Å². The Kier molecular flexibility index (Phi) is 1.48. The fraction of sp³-hybridized carbons (Fsp3) is 1.00. The van der Waals surface area contributed by atoms with Crippen molar-refractivity contribution in [3.8, 4) is 0 Å². The van der Waals surface area contributed by atoms with E-state index in [9.17, 15) is 5.11 Å². The largest absolute Gasteiger partial charge is 0.393 e. The first kappa shape index (κ1) is 6.66. The Bertz CT molecular complexity index is 131. The van der Waals surface area contributed by atoms with E-state index in [1.807, 2.05) is 0 Å². The molecule has 0 aromatic heterocycles. The summed E-state index contributed by atoms with van der Waals surface area (Å²) in [6, 6.07) is 0. The normalized spacial score (nSPS) is 52.2. The van der Waals surface area contributed by atoms with Crippen molar-refractivity contribution in [1.29, 1.82) is 0 Å². The highest BCUT2D eigenvalue weighted by Crippen LogP contribution is 2.51. The second-order valence-electron chi connectivity index (χ2n) is 3.88. The summed E-state index contributed by atoms with van der Waals surface area (Å²) >= 11 is 0. The predicted molar refractivity (Wildman–Crippen MR) is 40.6 cm³/mol. The van der Waals surface area contributed by atoms with Crippen LogP contribution in [0.4, 0.5) is 0 Å². The van der Waals surface area contributed by atoms with Crippen molar-refractivity contribution in [3.05, 3.63) is 0 Å². The lowest BCUT2D eigenvalue weighted by Gasteiger charge is -2.34. The minimum atomic E-state index is 0.0590. The van der Waals surface area contributed by atoms with Gasteiger partial charge in [0.05, 0.1) is 6.10 Å². The quantitative estimate of drug-likeness (QED) is 0.589. The van der Waals surface area contributed by atoms with Crippen LogP contribution in [0.5, 0.6) is 0 Å². The van der Waals surface area contributed by atoms with Gasteiger partial charge in [0.1, 0.15) is 0 Å². The van der Waals surface area contributed by atoms with Crippen LogP contribution < -0.4 is 0 Å². The lowest BCUT2D eigenvalue weighted by atomic mass is 9.72. The number of hydrogen-bond acceptors (Lipinski definition) is 1. The van der Waals surface area contributed by atoms with Crippen LogP contribution in [0.1, 0.15) is 32.6 Å². The maximum Gasteiger partial charge on any atom is 0.0573 e. The third kappa shape index (κ3) is 0.731. The lowest BCUT2D eigenvalue weighted by Crippen LogP contribution is -2.29. The van der Waals surface area contributed by atoms with Crippen molar-refractivity contribution in [2.24, 2.45) is 17.8 Å². The Morgan fingerprint density at radius 3 is 2.30 bits per heavy atom. The summed E-state index contributed by atoms with van der Waals surface area (Å²) in [4.78, 5) is 0. The molecule has 0 aliphatic heterocycles. The molecule has 0 aromatic carbocycles. The van der Waals surface area contributed by atoms with Gasteiger partial charge in [0, 0.05) is 0 Å². The van der Waals surface area contributed by atoms with Crippen molar-refractivity contribution in [2.45, 2.75) is 38.7 Å². The van der Waals surface area contributed by atoms with Crippen LogP contribution in [-0.2, 0) is 0 Å². The van der Waals surface area contributed by atoms with Crippen LogP contribution in [-0.4, -0.2) is 11.2 Å². The van der Waals surface area contributed by atoms with Gasteiger partial charge in [-0.3, -0.25) is 0 Å². The molecule has 0 spiro atoms. The molecule has 0 aromatic rings. The van der Waals surface area contributed by atoms with Crippen LogP contribution in [0.15, 0.2) is 0 Å². The molecule has 1 nitrogen and oxygen atoms in total. The molecule has 1 heteroatoms. The monoisotopic (exact) mass is 140 g/mol. The Morgan fingerprint density at radius 2 is 2.00 bits per heavy atom. The van der Waals surface area contributed by atoms with E-state index in [1.165, 1.54) is 19.3 Å².